The van der Waals surface area contributed by atoms with E-state index < -0.39 is 0 Å². The molecule has 0 amide bonds. The van der Waals surface area contributed by atoms with Gasteiger partial charge in [-0.15, -0.1) is 0 Å². The van der Waals surface area contributed by atoms with Gasteiger partial charge in [0.1, 0.15) is 16.8 Å². The normalized spacial score (nSPS) is 17.0. The summed E-state index contributed by atoms with van der Waals surface area (Å²) in [5.41, 5.74) is 3.34. The molecule has 1 atom stereocenters. The van der Waals surface area contributed by atoms with Gasteiger partial charge in [-0.2, -0.15) is 5.26 Å². The average Bonchev–Trinajstić information content (AvgIpc) is 3.33. The van der Waals surface area contributed by atoms with Gasteiger partial charge in [-0.3, -0.25) is 9.88 Å². The predicted octanol–water partition coefficient (Wildman–Crippen LogP) is 4.19. The molecule has 0 spiro atoms. The van der Waals surface area contributed by atoms with E-state index in [0.29, 0.717) is 16.1 Å². The van der Waals surface area contributed by atoms with E-state index >= 15 is 0 Å². The molecule has 3 aromatic heterocycles. The second-order valence-corrected chi connectivity index (χ2v) is 7.68. The van der Waals surface area contributed by atoms with Gasteiger partial charge in [0.15, 0.2) is 5.13 Å². The maximum absolute atomic E-state index is 8.94. The molecule has 7 heteroatoms. The first kappa shape index (κ1) is 17.6. The lowest BCUT2D eigenvalue weighted by molar-refractivity contribution is 0.244. The van der Waals surface area contributed by atoms with Crippen molar-refractivity contribution in [2.45, 2.75) is 32.4 Å². The Morgan fingerprint density at radius 3 is 2.96 bits per heavy atom. The van der Waals surface area contributed by atoms with Crippen molar-refractivity contribution in [1.82, 2.24) is 19.9 Å². The number of pyridine rings is 2. The molecule has 0 saturated carbocycles. The van der Waals surface area contributed by atoms with Crippen LogP contribution in [0.15, 0.2) is 42.7 Å². The van der Waals surface area contributed by atoms with Crippen molar-refractivity contribution in [1.29, 1.82) is 5.26 Å². The summed E-state index contributed by atoms with van der Waals surface area (Å²) < 4.78 is 0. The first-order valence-corrected chi connectivity index (χ1v) is 9.78. The van der Waals surface area contributed by atoms with Crippen LogP contribution in [-0.2, 0) is 6.54 Å². The molecule has 0 aromatic carbocycles. The smallest absolute Gasteiger partial charge is 0.189 e. The Morgan fingerprint density at radius 1 is 1.26 bits per heavy atom. The molecule has 6 nitrogen and oxygen atoms in total. The third kappa shape index (κ3) is 4.13. The molecule has 4 heterocycles. The summed E-state index contributed by atoms with van der Waals surface area (Å²) in [6.45, 7) is 3.96. The summed E-state index contributed by atoms with van der Waals surface area (Å²) >= 11 is 1.33. The predicted molar refractivity (Wildman–Crippen MR) is 106 cm³/mol. The number of hydrogen-bond donors (Lipinski definition) is 1. The molecule has 1 aliphatic rings. The van der Waals surface area contributed by atoms with Gasteiger partial charge < -0.3 is 5.32 Å². The molecule has 0 aliphatic carbocycles. The third-order valence-corrected chi connectivity index (χ3v) is 5.50. The van der Waals surface area contributed by atoms with Crippen LogP contribution >= 0.6 is 11.3 Å². The van der Waals surface area contributed by atoms with Crippen LogP contribution in [-0.4, -0.2) is 26.4 Å². The van der Waals surface area contributed by atoms with Crippen LogP contribution in [0, 0.1) is 18.3 Å². The number of anilines is 2. The number of aryl methyl sites for hydroxylation is 1. The lowest BCUT2D eigenvalue weighted by Crippen LogP contribution is -2.23. The fourth-order valence-corrected chi connectivity index (χ4v) is 4.00. The summed E-state index contributed by atoms with van der Waals surface area (Å²) in [5.74, 6) is 0.759. The highest BCUT2D eigenvalue weighted by atomic mass is 32.1. The zero-order valence-corrected chi connectivity index (χ0v) is 15.9. The Hall–Kier alpha value is -2.82. The number of aromatic nitrogens is 3. The van der Waals surface area contributed by atoms with Gasteiger partial charge in [0.2, 0.25) is 0 Å². The van der Waals surface area contributed by atoms with Crippen LogP contribution in [0.2, 0.25) is 0 Å². The van der Waals surface area contributed by atoms with Gasteiger partial charge in [-0.1, -0.05) is 23.5 Å². The highest BCUT2D eigenvalue weighted by Crippen LogP contribution is 2.33. The van der Waals surface area contributed by atoms with E-state index in [0.717, 1.165) is 36.7 Å². The van der Waals surface area contributed by atoms with Crippen molar-refractivity contribution in [2.24, 2.45) is 0 Å². The first-order chi connectivity index (χ1) is 13.2. The van der Waals surface area contributed by atoms with E-state index in [4.69, 9.17) is 10.2 Å². The molecule has 3 aromatic rings. The number of nitrogens with zero attached hydrogens (tertiary/aromatic N) is 5. The van der Waals surface area contributed by atoms with Crippen LogP contribution in [0.25, 0.3) is 0 Å². The third-order valence-electron chi connectivity index (χ3n) is 4.68. The summed E-state index contributed by atoms with van der Waals surface area (Å²) in [6.07, 6.45) is 5.81. The molecule has 27 heavy (non-hydrogen) atoms. The molecule has 1 fully saturated rings. The lowest BCUT2D eigenvalue weighted by atomic mass is 10.1. The molecule has 136 valence electrons. The van der Waals surface area contributed by atoms with Crippen LogP contribution in [0.3, 0.4) is 0 Å². The molecular weight excluding hydrogens is 356 g/mol. The Balaban J connectivity index is 1.49. The summed E-state index contributed by atoms with van der Waals surface area (Å²) in [6, 6.07) is 12.7. The first-order valence-electron chi connectivity index (χ1n) is 8.97. The minimum absolute atomic E-state index is 0.305. The Kier molecular flexibility index (Phi) is 5.10. The van der Waals surface area contributed by atoms with Gasteiger partial charge in [0, 0.05) is 18.4 Å². The summed E-state index contributed by atoms with van der Waals surface area (Å²) in [7, 11) is 0. The zero-order chi connectivity index (χ0) is 18.6. The Bertz CT molecular complexity index is 959. The minimum atomic E-state index is 0.305. The zero-order valence-electron chi connectivity index (χ0n) is 15.1. The largest absolute Gasteiger partial charge is 0.316 e. The highest BCUT2D eigenvalue weighted by molar-refractivity contribution is 7.16. The van der Waals surface area contributed by atoms with Crippen LogP contribution in [0.5, 0.6) is 0 Å². The Labute approximate surface area is 162 Å². The standard InChI is InChI=1S/C20H20N6S/c1-14-7-8-15(11-22-14)13-26-9-3-5-18(26)17-4-2-6-19(24-17)25-20-23-12-16(10-21)27-20/h2,4,6-8,11-12,18H,3,5,9,13H2,1H3,(H,23,24,25). The monoisotopic (exact) mass is 376 g/mol. The van der Waals surface area contributed by atoms with E-state index in [-0.39, 0.29) is 0 Å². The highest BCUT2D eigenvalue weighted by Gasteiger charge is 2.27. The van der Waals surface area contributed by atoms with Crippen molar-refractivity contribution in [3.05, 3.63) is 64.6 Å². The maximum atomic E-state index is 8.94. The van der Waals surface area contributed by atoms with Crippen molar-refractivity contribution in [3.8, 4) is 6.07 Å². The second-order valence-electron chi connectivity index (χ2n) is 6.65. The van der Waals surface area contributed by atoms with Gasteiger partial charge in [0.25, 0.3) is 0 Å². The average molecular weight is 376 g/mol. The summed E-state index contributed by atoms with van der Waals surface area (Å²) in [4.78, 5) is 16.5. The van der Waals surface area contributed by atoms with Gasteiger partial charge in [0.05, 0.1) is 17.9 Å². The van der Waals surface area contributed by atoms with E-state index in [2.05, 4.69) is 44.5 Å². The molecule has 0 bridgehead atoms. The second kappa shape index (κ2) is 7.82. The van der Waals surface area contributed by atoms with E-state index in [9.17, 15) is 0 Å². The molecule has 0 radical (unpaired) electrons. The van der Waals surface area contributed by atoms with E-state index in [1.165, 1.54) is 23.3 Å². The lowest BCUT2D eigenvalue weighted by Gasteiger charge is -2.24. The van der Waals surface area contributed by atoms with E-state index in [1.54, 1.807) is 6.20 Å². The molecule has 1 N–H and O–H groups in total. The molecule has 4 rings (SSSR count). The van der Waals surface area contributed by atoms with Crippen LogP contribution < -0.4 is 5.32 Å². The van der Waals surface area contributed by atoms with Gasteiger partial charge in [-0.25, -0.2) is 9.97 Å². The number of nitriles is 1. The quantitative estimate of drug-likeness (QED) is 0.719. The van der Waals surface area contributed by atoms with Crippen LogP contribution in [0.4, 0.5) is 10.9 Å². The molecular formula is C20H20N6S. The molecule has 1 saturated heterocycles. The molecule has 1 aliphatic heterocycles. The minimum Gasteiger partial charge on any atom is -0.316 e. The van der Waals surface area contributed by atoms with Gasteiger partial charge in [-0.05, 0) is 50.1 Å². The van der Waals surface area contributed by atoms with Crippen molar-refractivity contribution < 1.29 is 0 Å². The number of thiazole rings is 1. The van der Waals surface area contributed by atoms with Crippen molar-refractivity contribution in [2.75, 3.05) is 11.9 Å². The molecule has 1 unspecified atom stereocenters. The van der Waals surface area contributed by atoms with Crippen LogP contribution in [0.1, 0.15) is 40.7 Å². The fraction of sp³-hybridized carbons (Fsp3) is 0.300. The summed E-state index contributed by atoms with van der Waals surface area (Å²) in [5, 5.41) is 12.8. The van der Waals surface area contributed by atoms with Gasteiger partial charge >= 0.3 is 0 Å². The fourth-order valence-electron chi connectivity index (χ4n) is 3.38. The number of likely N-dealkylation sites (tertiary alicyclic amines) is 1. The maximum Gasteiger partial charge on any atom is 0.189 e. The van der Waals surface area contributed by atoms with Crippen molar-refractivity contribution >= 4 is 22.3 Å². The topological polar surface area (TPSA) is 77.7 Å². The SMILES string of the molecule is Cc1ccc(CN2CCCC2c2cccc(Nc3ncc(C#N)s3)n2)cn1. The Morgan fingerprint density at radius 2 is 2.19 bits per heavy atom. The number of nitrogens with one attached hydrogen (secondary N) is 1. The number of rotatable bonds is 5. The van der Waals surface area contributed by atoms with E-state index in [1.807, 2.05) is 25.3 Å². The van der Waals surface area contributed by atoms with Crippen molar-refractivity contribution in [3.63, 3.8) is 0 Å². The number of hydrogen-bond acceptors (Lipinski definition) is 7.